The van der Waals surface area contributed by atoms with Crippen molar-refractivity contribution in [3.05, 3.63) is 0 Å². The number of hydrogen-bond acceptors (Lipinski definition) is 18. The van der Waals surface area contributed by atoms with Crippen LogP contribution in [-0.4, -0.2) is 221 Å². The predicted molar refractivity (Wildman–Crippen MR) is 287 cm³/mol. The number of primary amides is 1. The number of carbonyl (C=O) groups excluding carboxylic acids is 12. The van der Waals surface area contributed by atoms with Crippen LogP contribution in [0.15, 0.2) is 4.99 Å². The first-order valence-electron chi connectivity index (χ1n) is 26.8. The first kappa shape index (κ1) is 69.8. The van der Waals surface area contributed by atoms with E-state index in [1.54, 1.807) is 13.8 Å². The van der Waals surface area contributed by atoms with E-state index in [2.05, 4.69) is 52.8 Å². The van der Waals surface area contributed by atoms with E-state index >= 15 is 0 Å². The van der Waals surface area contributed by atoms with Gasteiger partial charge < -0.3 is 102 Å². The summed E-state index contributed by atoms with van der Waals surface area (Å²) in [5.74, 6) is -14.3. The second kappa shape index (κ2) is 36.2. The number of guanidine groups is 1. The lowest BCUT2D eigenvalue weighted by molar-refractivity contribution is -0.143. The van der Waals surface area contributed by atoms with Crippen molar-refractivity contribution >= 4 is 88.8 Å². The fraction of sp³-hybridized carbons (Fsp3) is 0.688. The molecule has 460 valence electrons. The summed E-state index contributed by atoms with van der Waals surface area (Å²) < 4.78 is 0. The number of rotatable bonds is 37. The lowest BCUT2D eigenvalue weighted by Gasteiger charge is -2.27. The van der Waals surface area contributed by atoms with Gasteiger partial charge in [0.2, 0.25) is 70.9 Å². The highest BCUT2D eigenvalue weighted by atomic mass is 16.4. The van der Waals surface area contributed by atoms with Gasteiger partial charge in [-0.3, -0.25) is 67.3 Å². The van der Waals surface area contributed by atoms with E-state index in [4.69, 9.17) is 28.7 Å². The zero-order valence-electron chi connectivity index (χ0n) is 46.0. The summed E-state index contributed by atoms with van der Waals surface area (Å²) in [4.78, 5) is 187. The summed E-state index contributed by atoms with van der Waals surface area (Å²) in [7, 11) is 0. The summed E-state index contributed by atoms with van der Waals surface area (Å²) in [6, 6.07) is -11.1. The van der Waals surface area contributed by atoms with Gasteiger partial charge in [-0.15, -0.1) is 0 Å². The number of amides is 12. The smallest absolute Gasteiger partial charge is 0.326 e. The third-order valence-electron chi connectivity index (χ3n) is 13.3. The maximum atomic E-state index is 13.9. The molecule has 2 fully saturated rings. The first-order chi connectivity index (χ1) is 38.8. The number of hydrogen-bond donors (Lipinski definition) is 17. The van der Waals surface area contributed by atoms with E-state index in [9.17, 15) is 82.4 Å². The number of carbonyl (C=O) groups is 14. The van der Waals surface area contributed by atoms with Crippen LogP contribution in [-0.2, 0) is 67.1 Å². The van der Waals surface area contributed by atoms with Gasteiger partial charge in [0.05, 0.1) is 39.2 Å². The lowest BCUT2D eigenvalue weighted by atomic mass is 9.97. The molecule has 2 rings (SSSR count). The quantitative estimate of drug-likeness (QED) is 0.0156. The highest BCUT2D eigenvalue weighted by Crippen LogP contribution is 2.19. The van der Waals surface area contributed by atoms with Gasteiger partial charge in [0, 0.05) is 26.1 Å². The van der Waals surface area contributed by atoms with Crippen molar-refractivity contribution in [1.29, 1.82) is 0 Å². The lowest BCUT2D eigenvalue weighted by Crippen LogP contribution is -2.58. The summed E-state index contributed by atoms with van der Waals surface area (Å²) in [5.41, 5.74) is 27.1. The fourth-order valence-corrected chi connectivity index (χ4v) is 8.66. The fourth-order valence-electron chi connectivity index (χ4n) is 8.66. The zero-order valence-corrected chi connectivity index (χ0v) is 46.0. The number of likely N-dealkylation sites (tertiary alicyclic amines) is 2. The van der Waals surface area contributed by atoms with Gasteiger partial charge >= 0.3 is 11.9 Å². The molecule has 2 aliphatic rings. The maximum absolute atomic E-state index is 13.9. The van der Waals surface area contributed by atoms with Crippen LogP contribution in [0.4, 0.5) is 0 Å². The average molecular weight is 1170 g/mol. The van der Waals surface area contributed by atoms with Crippen LogP contribution in [0.25, 0.3) is 0 Å². The molecule has 12 amide bonds. The SMILES string of the molecule is CC[C@H](C)[C@H](NC(=O)CNC(=O)[C@H](CCC(N)=O)NC(=O)[C@@H]1CCCN1C(=O)CNC(=O)[C@H](CO)NC(=O)[C@@H]1CCCN1C(=O)CN)C(=O)N[C@@H](CCCN=C(N)N)C(=O)NCC(=O)N[C@@H](CC(=O)O)C(=O)N[C@@H](CCCCN)C(=O)O. The minimum absolute atomic E-state index is 0.0145. The second-order valence-electron chi connectivity index (χ2n) is 19.5. The molecular formula is C48H81N17O17. The Morgan fingerprint density at radius 3 is 1.61 bits per heavy atom. The van der Waals surface area contributed by atoms with Crippen molar-refractivity contribution in [2.24, 2.45) is 39.6 Å². The number of carboxylic acid groups (broad SMARTS) is 2. The molecule has 0 aromatic rings. The van der Waals surface area contributed by atoms with Gasteiger partial charge in [0.15, 0.2) is 5.96 Å². The van der Waals surface area contributed by atoms with E-state index in [0.29, 0.717) is 32.1 Å². The number of carboxylic acids is 2. The van der Waals surface area contributed by atoms with Crippen LogP contribution in [0.5, 0.6) is 0 Å². The standard InChI is InChI=1S/C48H81N17O17/c1-3-25(2)39(46(80)60-26(10-6-16-54-48(52)53)40(74)55-21-34(68)58-29(19-38(72)73)43(77)61-28(47(81)82)9-4-5-15-49)63-35(69)22-56-41(75)27(13-14-33(51)67)59-44(78)32-12-8-18-65(32)37(71)23-57-42(76)30(24-66)62-45(79)31-11-7-17-64(31)36(70)20-50/h25-32,39,66H,3-24,49-50H2,1-2H3,(H2,51,67)(H,55,74)(H,56,75)(H,57,76)(H,58,68)(H,59,78)(H,60,80)(H,61,77)(H,62,79)(H,63,69)(H,72,73)(H,81,82)(H4,52,53,54)/t25-,26-,27-,28-,29-,30-,31-,32-,39-/m0/s1. The van der Waals surface area contributed by atoms with Crippen LogP contribution in [0.1, 0.15) is 97.3 Å². The van der Waals surface area contributed by atoms with Crippen molar-refractivity contribution in [2.75, 3.05) is 59.0 Å². The molecule has 34 nitrogen and oxygen atoms in total. The van der Waals surface area contributed by atoms with Gasteiger partial charge in [-0.1, -0.05) is 20.3 Å². The van der Waals surface area contributed by atoms with Gasteiger partial charge in [0.25, 0.3) is 0 Å². The van der Waals surface area contributed by atoms with Gasteiger partial charge in [-0.05, 0) is 76.7 Å². The Hall–Kier alpha value is -8.27. The average Bonchev–Trinajstić information content (AvgIpc) is 4.18. The Labute approximate surface area is 472 Å². The number of aliphatic hydroxyl groups excluding tert-OH is 1. The molecule has 2 heterocycles. The Balaban J connectivity index is 2.14. The third-order valence-corrected chi connectivity index (χ3v) is 13.3. The number of nitrogens with two attached hydrogens (primary N) is 5. The Kier molecular flexibility index (Phi) is 30.8. The van der Waals surface area contributed by atoms with Crippen molar-refractivity contribution in [3.8, 4) is 0 Å². The highest BCUT2D eigenvalue weighted by molar-refractivity contribution is 5.98. The van der Waals surface area contributed by atoms with Gasteiger partial charge in [-0.2, -0.15) is 0 Å². The van der Waals surface area contributed by atoms with Gasteiger partial charge in [0.1, 0.15) is 48.3 Å². The zero-order chi connectivity index (χ0) is 61.6. The molecule has 0 radical (unpaired) electrons. The van der Waals surface area contributed by atoms with Crippen LogP contribution < -0.4 is 76.5 Å². The van der Waals surface area contributed by atoms with E-state index in [0.717, 1.165) is 4.90 Å². The molecule has 0 saturated carbocycles. The molecule has 0 aromatic carbocycles. The minimum Gasteiger partial charge on any atom is -0.481 e. The van der Waals surface area contributed by atoms with Crippen molar-refractivity contribution < 1.29 is 82.4 Å². The summed E-state index contributed by atoms with van der Waals surface area (Å²) >= 11 is 0. The summed E-state index contributed by atoms with van der Waals surface area (Å²) in [5, 5.41) is 50.0. The number of aliphatic carboxylic acids is 2. The largest absolute Gasteiger partial charge is 0.481 e. The number of unbranched alkanes of at least 4 members (excludes halogenated alkanes) is 1. The molecule has 0 aromatic heterocycles. The first-order valence-corrected chi connectivity index (χ1v) is 26.8. The predicted octanol–water partition coefficient (Wildman–Crippen LogP) is -8.77. The van der Waals surface area contributed by atoms with Crippen molar-refractivity contribution in [2.45, 2.75) is 146 Å². The number of nitrogens with zero attached hydrogens (tertiary/aromatic N) is 3. The molecule has 0 aliphatic carbocycles. The molecule has 0 bridgehead atoms. The molecule has 0 unspecified atom stereocenters. The van der Waals surface area contributed by atoms with Crippen LogP contribution in [0.2, 0.25) is 0 Å². The number of nitrogens with one attached hydrogen (secondary N) is 9. The number of aliphatic hydroxyl groups is 1. The molecule has 2 saturated heterocycles. The highest BCUT2D eigenvalue weighted by Gasteiger charge is 2.39. The maximum Gasteiger partial charge on any atom is 0.326 e. The summed E-state index contributed by atoms with van der Waals surface area (Å²) in [6.45, 7) is 0.346. The van der Waals surface area contributed by atoms with Crippen molar-refractivity contribution in [1.82, 2.24) is 57.7 Å². The molecule has 22 N–H and O–H groups in total. The normalized spacial score (nSPS) is 17.1. The second-order valence-corrected chi connectivity index (χ2v) is 19.5. The Bertz CT molecular complexity index is 2320. The van der Waals surface area contributed by atoms with Crippen LogP contribution in [0.3, 0.4) is 0 Å². The van der Waals surface area contributed by atoms with Crippen LogP contribution >= 0.6 is 0 Å². The summed E-state index contributed by atoms with van der Waals surface area (Å²) in [6.07, 6.45) is 0.476. The van der Waals surface area contributed by atoms with Crippen LogP contribution in [0, 0.1) is 5.92 Å². The molecule has 82 heavy (non-hydrogen) atoms. The molecule has 0 spiro atoms. The molecular weight excluding hydrogens is 1090 g/mol. The van der Waals surface area contributed by atoms with E-state index < -0.39 is 176 Å². The molecule has 9 atom stereocenters. The Morgan fingerprint density at radius 1 is 0.585 bits per heavy atom. The topological polar surface area (TPSA) is 557 Å². The monoisotopic (exact) mass is 1170 g/mol. The minimum atomic E-state index is -1.77. The molecule has 2 aliphatic heterocycles. The van der Waals surface area contributed by atoms with Gasteiger partial charge in [-0.25, -0.2) is 4.79 Å². The van der Waals surface area contributed by atoms with E-state index in [1.165, 1.54) is 4.90 Å². The van der Waals surface area contributed by atoms with E-state index in [-0.39, 0.29) is 77.2 Å². The number of aliphatic imine (C=N–C) groups is 1. The Morgan fingerprint density at radius 2 is 1.10 bits per heavy atom. The van der Waals surface area contributed by atoms with Crippen molar-refractivity contribution in [3.63, 3.8) is 0 Å². The third kappa shape index (κ3) is 24.2. The molecule has 34 heteroatoms. The van der Waals surface area contributed by atoms with E-state index in [1.807, 2.05) is 0 Å².